The van der Waals surface area contributed by atoms with E-state index >= 15 is 0 Å². The third-order valence-electron chi connectivity index (χ3n) is 2.49. The molecule has 0 unspecified atom stereocenters. The van der Waals surface area contributed by atoms with E-state index in [0.29, 0.717) is 0 Å². The summed E-state index contributed by atoms with van der Waals surface area (Å²) in [4.78, 5) is 3.33. The topological polar surface area (TPSA) is 27.8 Å². The van der Waals surface area contributed by atoms with Gasteiger partial charge in [0, 0.05) is 23.5 Å². The Morgan fingerprint density at radius 2 is 2.00 bits per heavy atom. The van der Waals surface area contributed by atoms with E-state index in [4.69, 9.17) is 0 Å². The molecule has 0 fully saturated rings. The van der Waals surface area contributed by atoms with Crippen LogP contribution >= 0.6 is 0 Å². The van der Waals surface area contributed by atoms with Crippen molar-refractivity contribution in [2.45, 2.75) is 13.8 Å². The Hall–Kier alpha value is -1.44. The molecule has 2 nitrogen and oxygen atoms in total. The minimum atomic E-state index is 1.12. The zero-order valence-corrected chi connectivity index (χ0v) is 8.23. The molecule has 0 saturated heterocycles. The molecule has 2 rings (SSSR count). The van der Waals surface area contributed by atoms with E-state index in [1.807, 2.05) is 7.05 Å². The van der Waals surface area contributed by atoms with Gasteiger partial charge >= 0.3 is 0 Å². The summed E-state index contributed by atoms with van der Waals surface area (Å²) >= 11 is 0. The number of fused-ring (bicyclic) bond motifs is 1. The van der Waals surface area contributed by atoms with Crippen molar-refractivity contribution >= 4 is 16.6 Å². The fourth-order valence-corrected chi connectivity index (χ4v) is 1.82. The predicted molar refractivity (Wildman–Crippen MR) is 57.3 cm³/mol. The van der Waals surface area contributed by atoms with Crippen LogP contribution in [0, 0.1) is 13.8 Å². The number of rotatable bonds is 1. The average molecular weight is 174 g/mol. The van der Waals surface area contributed by atoms with Crippen molar-refractivity contribution in [3.63, 3.8) is 0 Å². The Kier molecular flexibility index (Phi) is 1.76. The third kappa shape index (κ3) is 1.10. The number of aromatic amines is 1. The number of aryl methyl sites for hydroxylation is 2. The Labute approximate surface area is 78.0 Å². The molecule has 1 aromatic heterocycles. The van der Waals surface area contributed by atoms with Crippen LogP contribution in [0.5, 0.6) is 0 Å². The molecule has 0 radical (unpaired) electrons. The second-order valence-corrected chi connectivity index (χ2v) is 3.37. The van der Waals surface area contributed by atoms with E-state index in [0.717, 1.165) is 5.82 Å². The number of aromatic nitrogens is 1. The largest absolute Gasteiger partial charge is 0.374 e. The van der Waals surface area contributed by atoms with Crippen molar-refractivity contribution in [1.82, 2.24) is 4.98 Å². The zero-order valence-electron chi connectivity index (χ0n) is 8.23. The van der Waals surface area contributed by atoms with Crippen LogP contribution in [0.3, 0.4) is 0 Å². The van der Waals surface area contributed by atoms with Gasteiger partial charge in [0.15, 0.2) is 0 Å². The summed E-state index contributed by atoms with van der Waals surface area (Å²) in [6, 6.07) is 6.38. The monoisotopic (exact) mass is 174 g/mol. The number of nitrogens with one attached hydrogen (secondary N) is 2. The molecule has 0 aliphatic carbocycles. The van der Waals surface area contributed by atoms with Crippen LogP contribution in [-0.2, 0) is 0 Å². The van der Waals surface area contributed by atoms with Crippen molar-refractivity contribution < 1.29 is 0 Å². The molecule has 1 heterocycles. The third-order valence-corrected chi connectivity index (χ3v) is 2.49. The fourth-order valence-electron chi connectivity index (χ4n) is 1.82. The molecule has 0 aliphatic rings. The van der Waals surface area contributed by atoms with E-state index in [-0.39, 0.29) is 0 Å². The van der Waals surface area contributed by atoms with Crippen LogP contribution < -0.4 is 5.32 Å². The highest BCUT2D eigenvalue weighted by Gasteiger charge is 2.07. The summed E-state index contributed by atoms with van der Waals surface area (Å²) in [6.45, 7) is 4.24. The van der Waals surface area contributed by atoms with Gasteiger partial charge in [0.25, 0.3) is 0 Å². The molecule has 2 aromatic rings. The lowest BCUT2D eigenvalue weighted by molar-refractivity contribution is 1.26. The Morgan fingerprint density at radius 3 is 2.69 bits per heavy atom. The second-order valence-electron chi connectivity index (χ2n) is 3.37. The summed E-state index contributed by atoms with van der Waals surface area (Å²) in [7, 11) is 1.94. The molecule has 0 aliphatic heterocycles. The molecule has 68 valence electrons. The molecular formula is C11H14N2. The first-order valence-electron chi connectivity index (χ1n) is 4.49. The van der Waals surface area contributed by atoms with E-state index in [9.17, 15) is 0 Å². The molecule has 2 N–H and O–H groups in total. The van der Waals surface area contributed by atoms with Gasteiger partial charge in [-0.2, -0.15) is 0 Å². The highest BCUT2D eigenvalue weighted by molar-refractivity contribution is 5.97. The average Bonchev–Trinajstić information content (AvgIpc) is 2.45. The standard InChI is InChI=1S/C11H14N2/c1-7-5-4-6-9-8(2)13-11(12-3)10(7)9/h4-6,12-13H,1-3H3. The maximum atomic E-state index is 3.33. The van der Waals surface area contributed by atoms with E-state index < -0.39 is 0 Å². The lowest BCUT2D eigenvalue weighted by Crippen LogP contribution is -1.88. The fraction of sp³-hybridized carbons (Fsp3) is 0.273. The number of hydrogen-bond donors (Lipinski definition) is 2. The highest BCUT2D eigenvalue weighted by atomic mass is 15.0. The molecule has 2 heteroatoms. The van der Waals surface area contributed by atoms with Crippen molar-refractivity contribution in [2.75, 3.05) is 12.4 Å². The summed E-state index contributed by atoms with van der Waals surface area (Å²) in [5, 5.41) is 5.79. The van der Waals surface area contributed by atoms with Crippen LogP contribution in [-0.4, -0.2) is 12.0 Å². The lowest BCUT2D eigenvalue weighted by atomic mass is 10.1. The minimum absolute atomic E-state index is 1.12. The summed E-state index contributed by atoms with van der Waals surface area (Å²) in [5.74, 6) is 1.12. The molecule has 0 saturated carbocycles. The van der Waals surface area contributed by atoms with Gasteiger partial charge in [-0.1, -0.05) is 18.2 Å². The SMILES string of the molecule is CNc1[nH]c(C)c2cccc(C)c12. The maximum absolute atomic E-state index is 3.33. The summed E-state index contributed by atoms with van der Waals surface area (Å²) in [6.07, 6.45) is 0. The van der Waals surface area contributed by atoms with Crippen LogP contribution in [0.15, 0.2) is 18.2 Å². The Balaban J connectivity index is 2.89. The number of hydrogen-bond acceptors (Lipinski definition) is 1. The van der Waals surface area contributed by atoms with Crippen LogP contribution in [0.1, 0.15) is 11.3 Å². The molecule has 0 spiro atoms. The molecule has 1 aromatic carbocycles. The lowest BCUT2D eigenvalue weighted by Gasteiger charge is -1.99. The van der Waals surface area contributed by atoms with Gasteiger partial charge in [-0.25, -0.2) is 0 Å². The molecular weight excluding hydrogens is 160 g/mol. The number of benzene rings is 1. The normalized spacial score (nSPS) is 10.7. The maximum Gasteiger partial charge on any atom is 0.111 e. The van der Waals surface area contributed by atoms with Gasteiger partial charge < -0.3 is 10.3 Å². The van der Waals surface area contributed by atoms with Crippen molar-refractivity contribution in [1.29, 1.82) is 0 Å². The molecule has 0 amide bonds. The first kappa shape index (κ1) is 8.17. The smallest absolute Gasteiger partial charge is 0.111 e. The van der Waals surface area contributed by atoms with Gasteiger partial charge in [0.1, 0.15) is 5.82 Å². The molecule has 13 heavy (non-hydrogen) atoms. The first-order valence-corrected chi connectivity index (χ1v) is 4.49. The van der Waals surface area contributed by atoms with E-state index in [2.05, 4.69) is 42.3 Å². The van der Waals surface area contributed by atoms with E-state index in [1.165, 1.54) is 22.0 Å². The predicted octanol–water partition coefficient (Wildman–Crippen LogP) is 2.83. The van der Waals surface area contributed by atoms with Crippen molar-refractivity contribution in [2.24, 2.45) is 0 Å². The first-order chi connectivity index (χ1) is 6.24. The summed E-state index contributed by atoms with van der Waals surface area (Å²) < 4.78 is 0. The Bertz CT molecular complexity index is 441. The molecule has 0 bridgehead atoms. The van der Waals surface area contributed by atoms with Crippen LogP contribution in [0.2, 0.25) is 0 Å². The minimum Gasteiger partial charge on any atom is -0.374 e. The number of anilines is 1. The van der Waals surface area contributed by atoms with Gasteiger partial charge in [0.05, 0.1) is 0 Å². The molecule has 0 atom stereocenters. The van der Waals surface area contributed by atoms with Crippen LogP contribution in [0.4, 0.5) is 5.82 Å². The number of H-pyrrole nitrogens is 1. The van der Waals surface area contributed by atoms with E-state index in [1.54, 1.807) is 0 Å². The van der Waals surface area contributed by atoms with Crippen LogP contribution in [0.25, 0.3) is 10.8 Å². The Morgan fingerprint density at radius 1 is 1.23 bits per heavy atom. The zero-order chi connectivity index (χ0) is 9.42. The van der Waals surface area contributed by atoms with Crippen molar-refractivity contribution in [3.8, 4) is 0 Å². The quantitative estimate of drug-likeness (QED) is 0.683. The van der Waals surface area contributed by atoms with Gasteiger partial charge in [0.2, 0.25) is 0 Å². The van der Waals surface area contributed by atoms with Crippen molar-refractivity contribution in [3.05, 3.63) is 29.5 Å². The van der Waals surface area contributed by atoms with Gasteiger partial charge in [-0.3, -0.25) is 0 Å². The second kappa shape index (κ2) is 2.80. The van der Waals surface area contributed by atoms with Gasteiger partial charge in [-0.05, 0) is 19.4 Å². The highest BCUT2D eigenvalue weighted by Crippen LogP contribution is 2.28. The summed E-state index contributed by atoms with van der Waals surface area (Å²) in [5.41, 5.74) is 2.54. The van der Waals surface area contributed by atoms with Gasteiger partial charge in [-0.15, -0.1) is 0 Å².